The second kappa shape index (κ2) is 7.61. The molecular weight excluding hydrogens is 321 g/mol. The van der Waals surface area contributed by atoms with Gasteiger partial charge < -0.3 is 15.2 Å². The summed E-state index contributed by atoms with van der Waals surface area (Å²) in [6.45, 7) is 2.32. The highest BCUT2D eigenvalue weighted by molar-refractivity contribution is 9.10. The van der Waals surface area contributed by atoms with Gasteiger partial charge in [0.05, 0.1) is 24.2 Å². The van der Waals surface area contributed by atoms with Gasteiger partial charge >= 0.3 is 5.97 Å². The topological polar surface area (TPSA) is 58.6 Å². The minimum atomic E-state index is -0.779. The zero-order valence-corrected chi connectivity index (χ0v) is 12.3. The van der Waals surface area contributed by atoms with Crippen LogP contribution in [0.4, 0.5) is 5.69 Å². The van der Waals surface area contributed by atoms with Crippen LogP contribution >= 0.6 is 27.5 Å². The number of aliphatic hydroxyl groups excluding tert-OH is 1. The highest BCUT2D eigenvalue weighted by atomic mass is 79.9. The van der Waals surface area contributed by atoms with Crippen LogP contribution in [0.3, 0.4) is 0 Å². The molecule has 0 saturated heterocycles. The average molecular weight is 337 g/mol. The summed E-state index contributed by atoms with van der Waals surface area (Å²) in [6.07, 6.45) is -0.797. The fourth-order valence-corrected chi connectivity index (χ4v) is 1.82. The lowest BCUT2D eigenvalue weighted by atomic mass is 10.2. The summed E-state index contributed by atoms with van der Waals surface area (Å²) in [7, 11) is 0. The number of ether oxygens (including phenoxy) is 1. The molecule has 0 aliphatic heterocycles. The third kappa shape index (κ3) is 5.25. The molecule has 0 heterocycles. The maximum atomic E-state index is 11.1. The molecule has 1 unspecified atom stereocenters. The molecule has 2 N–H and O–H groups in total. The molecule has 1 rings (SSSR count). The van der Waals surface area contributed by atoms with Crippen LogP contribution in [0.5, 0.6) is 0 Å². The molecule has 0 amide bonds. The summed E-state index contributed by atoms with van der Waals surface area (Å²) in [4.78, 5) is 11.1. The van der Waals surface area contributed by atoms with Crippen molar-refractivity contribution < 1.29 is 14.6 Å². The van der Waals surface area contributed by atoms with Gasteiger partial charge in [-0.3, -0.25) is 4.79 Å². The molecule has 1 aromatic rings. The quantitative estimate of drug-likeness (QED) is 0.784. The van der Waals surface area contributed by atoms with Crippen molar-refractivity contribution in [2.24, 2.45) is 0 Å². The van der Waals surface area contributed by atoms with Gasteiger partial charge in [0, 0.05) is 16.7 Å². The fourth-order valence-electron chi connectivity index (χ4n) is 1.33. The molecule has 0 aromatic heterocycles. The fraction of sp³-hybridized carbons (Fsp3) is 0.417. The number of benzene rings is 1. The Morgan fingerprint density at radius 1 is 1.61 bits per heavy atom. The summed E-state index contributed by atoms with van der Waals surface area (Å²) in [5.74, 6) is -0.399. The van der Waals surface area contributed by atoms with E-state index in [2.05, 4.69) is 21.2 Å². The van der Waals surface area contributed by atoms with E-state index in [0.29, 0.717) is 11.6 Å². The van der Waals surface area contributed by atoms with E-state index in [1.165, 1.54) is 0 Å². The molecule has 0 saturated carbocycles. The van der Waals surface area contributed by atoms with E-state index in [1.807, 2.05) is 0 Å². The lowest BCUT2D eigenvalue weighted by Gasteiger charge is -2.12. The Kier molecular flexibility index (Phi) is 6.46. The zero-order valence-electron chi connectivity index (χ0n) is 9.95. The van der Waals surface area contributed by atoms with E-state index in [4.69, 9.17) is 16.3 Å². The third-order valence-electron chi connectivity index (χ3n) is 2.17. The minimum Gasteiger partial charge on any atom is -0.466 e. The van der Waals surface area contributed by atoms with E-state index < -0.39 is 12.1 Å². The summed E-state index contributed by atoms with van der Waals surface area (Å²) in [6, 6.07) is 5.34. The van der Waals surface area contributed by atoms with Crippen molar-refractivity contribution >= 4 is 39.2 Å². The molecule has 0 aliphatic carbocycles. The van der Waals surface area contributed by atoms with E-state index in [1.54, 1.807) is 25.1 Å². The Labute approximate surface area is 119 Å². The Morgan fingerprint density at radius 2 is 2.33 bits per heavy atom. The van der Waals surface area contributed by atoms with Gasteiger partial charge in [0.1, 0.15) is 0 Å². The van der Waals surface area contributed by atoms with Crippen molar-refractivity contribution in [3.05, 3.63) is 27.7 Å². The smallest absolute Gasteiger partial charge is 0.308 e. The molecule has 0 aliphatic rings. The van der Waals surface area contributed by atoms with Crippen molar-refractivity contribution in [1.82, 2.24) is 0 Å². The number of rotatable bonds is 6. The van der Waals surface area contributed by atoms with Crippen molar-refractivity contribution in [3.63, 3.8) is 0 Å². The molecule has 18 heavy (non-hydrogen) atoms. The van der Waals surface area contributed by atoms with Gasteiger partial charge in [-0.25, -0.2) is 0 Å². The highest BCUT2D eigenvalue weighted by Crippen LogP contribution is 2.25. The highest BCUT2D eigenvalue weighted by Gasteiger charge is 2.11. The monoisotopic (exact) mass is 335 g/mol. The number of carbonyl (C=O) groups is 1. The lowest BCUT2D eigenvalue weighted by Crippen LogP contribution is -2.23. The number of hydrogen-bond acceptors (Lipinski definition) is 4. The van der Waals surface area contributed by atoms with Crippen LogP contribution in [0.15, 0.2) is 22.7 Å². The van der Waals surface area contributed by atoms with Gasteiger partial charge in [0.2, 0.25) is 0 Å². The predicted octanol–water partition coefficient (Wildman–Crippen LogP) is 2.83. The van der Waals surface area contributed by atoms with Gasteiger partial charge in [-0.05, 0) is 41.1 Å². The van der Waals surface area contributed by atoms with Gasteiger partial charge in [-0.1, -0.05) is 11.6 Å². The minimum absolute atomic E-state index is 0.0183. The van der Waals surface area contributed by atoms with Crippen LogP contribution in [-0.2, 0) is 9.53 Å². The molecule has 0 radical (unpaired) electrons. The van der Waals surface area contributed by atoms with Gasteiger partial charge in [0.15, 0.2) is 0 Å². The third-order valence-corrected chi connectivity index (χ3v) is 3.38. The maximum absolute atomic E-state index is 11.1. The zero-order chi connectivity index (χ0) is 13.5. The molecule has 6 heteroatoms. The van der Waals surface area contributed by atoms with Gasteiger partial charge in [-0.2, -0.15) is 0 Å². The van der Waals surface area contributed by atoms with E-state index in [-0.39, 0.29) is 13.0 Å². The number of carbonyl (C=O) groups excluding carboxylic acids is 1. The molecular formula is C12H15BrClNO3. The van der Waals surface area contributed by atoms with E-state index in [9.17, 15) is 9.90 Å². The number of esters is 1. The Balaban J connectivity index is 2.40. The summed E-state index contributed by atoms with van der Waals surface area (Å²) in [5.41, 5.74) is 0.814. The largest absolute Gasteiger partial charge is 0.466 e. The summed E-state index contributed by atoms with van der Waals surface area (Å²) < 4.78 is 5.52. The van der Waals surface area contributed by atoms with Crippen LogP contribution in [0.2, 0.25) is 5.02 Å². The van der Waals surface area contributed by atoms with Crippen LogP contribution in [0.1, 0.15) is 13.3 Å². The van der Waals surface area contributed by atoms with Gasteiger partial charge in [-0.15, -0.1) is 0 Å². The molecule has 0 bridgehead atoms. The first kappa shape index (κ1) is 15.3. The number of halogens is 2. The molecule has 4 nitrogen and oxygen atoms in total. The van der Waals surface area contributed by atoms with Crippen molar-refractivity contribution in [1.29, 1.82) is 0 Å². The van der Waals surface area contributed by atoms with Crippen molar-refractivity contribution in [2.75, 3.05) is 18.5 Å². The second-order valence-electron chi connectivity index (χ2n) is 3.67. The van der Waals surface area contributed by atoms with Crippen LogP contribution in [-0.4, -0.2) is 30.3 Å². The summed E-state index contributed by atoms with van der Waals surface area (Å²) in [5, 5.41) is 13.3. The number of anilines is 1. The molecule has 1 atom stereocenters. The number of hydrogen-bond donors (Lipinski definition) is 2. The SMILES string of the molecule is CCOC(=O)CC(O)CNc1ccc(Cl)c(Br)c1. The van der Waals surface area contributed by atoms with Crippen molar-refractivity contribution in [2.45, 2.75) is 19.4 Å². The Hall–Kier alpha value is -0.780. The summed E-state index contributed by atoms with van der Waals surface area (Å²) >= 11 is 9.17. The normalized spacial score (nSPS) is 12.0. The van der Waals surface area contributed by atoms with Crippen molar-refractivity contribution in [3.8, 4) is 0 Å². The van der Waals surface area contributed by atoms with Crippen LogP contribution < -0.4 is 5.32 Å². The van der Waals surface area contributed by atoms with E-state index in [0.717, 1.165) is 10.2 Å². The first-order valence-electron chi connectivity index (χ1n) is 5.55. The average Bonchev–Trinajstić information content (AvgIpc) is 2.31. The maximum Gasteiger partial charge on any atom is 0.308 e. The van der Waals surface area contributed by atoms with Gasteiger partial charge in [0.25, 0.3) is 0 Å². The second-order valence-corrected chi connectivity index (χ2v) is 4.93. The standard InChI is InChI=1S/C12H15BrClNO3/c1-2-18-12(17)6-9(16)7-15-8-3-4-11(14)10(13)5-8/h3-5,9,15-16H,2,6-7H2,1H3. The van der Waals surface area contributed by atoms with E-state index >= 15 is 0 Å². The molecule has 1 aromatic carbocycles. The first-order chi connectivity index (χ1) is 8.52. The Bertz CT molecular complexity index is 414. The Morgan fingerprint density at radius 3 is 2.94 bits per heavy atom. The molecule has 0 fully saturated rings. The predicted molar refractivity (Wildman–Crippen MR) is 74.9 cm³/mol. The van der Waals surface area contributed by atoms with Crippen LogP contribution in [0, 0.1) is 0 Å². The molecule has 100 valence electrons. The first-order valence-corrected chi connectivity index (χ1v) is 6.72. The number of aliphatic hydroxyl groups is 1. The lowest BCUT2D eigenvalue weighted by molar-refractivity contribution is -0.145. The molecule has 0 spiro atoms. The van der Waals surface area contributed by atoms with Crippen LogP contribution in [0.25, 0.3) is 0 Å². The number of nitrogens with one attached hydrogen (secondary N) is 1.